The minimum atomic E-state index is 0.134. The van der Waals surface area contributed by atoms with Crippen LogP contribution in [0.5, 0.6) is 0 Å². The van der Waals surface area contributed by atoms with E-state index >= 15 is 0 Å². The molecule has 100 valence electrons. The summed E-state index contributed by atoms with van der Waals surface area (Å²) in [6.45, 7) is 4.34. The largest absolute Gasteiger partial charge is 0.383 e. The summed E-state index contributed by atoms with van der Waals surface area (Å²) in [6.07, 6.45) is 6.78. The van der Waals surface area contributed by atoms with Crippen LogP contribution in [0.1, 0.15) is 49.8 Å². The molecule has 1 saturated carbocycles. The second-order valence-electron chi connectivity index (χ2n) is 5.42. The van der Waals surface area contributed by atoms with Gasteiger partial charge in [0, 0.05) is 11.8 Å². The molecule has 0 radical (unpaired) electrons. The molecule has 5 N–H and O–H groups in total. The Morgan fingerprint density at radius 3 is 2.83 bits per heavy atom. The van der Waals surface area contributed by atoms with Crippen molar-refractivity contribution in [3.63, 3.8) is 0 Å². The third kappa shape index (κ3) is 2.49. The highest BCUT2D eigenvalue weighted by Crippen LogP contribution is 2.41. The molecule has 3 atom stereocenters. The first-order chi connectivity index (χ1) is 8.67. The van der Waals surface area contributed by atoms with Gasteiger partial charge >= 0.3 is 0 Å². The normalized spacial score (nSPS) is 25.3. The maximum absolute atomic E-state index is 6.03. The molecule has 18 heavy (non-hydrogen) atoms. The number of hydrogen-bond acceptors (Lipinski definition) is 4. The van der Waals surface area contributed by atoms with Crippen LogP contribution in [-0.4, -0.2) is 4.98 Å². The van der Waals surface area contributed by atoms with Gasteiger partial charge < -0.3 is 5.73 Å². The fraction of sp³-hybridized carbons (Fsp3) is 0.643. The summed E-state index contributed by atoms with van der Waals surface area (Å²) in [5, 5.41) is 0. The van der Waals surface area contributed by atoms with Gasteiger partial charge in [0.25, 0.3) is 0 Å². The first kappa shape index (κ1) is 13.3. The van der Waals surface area contributed by atoms with Crippen molar-refractivity contribution in [1.29, 1.82) is 0 Å². The van der Waals surface area contributed by atoms with Crippen LogP contribution >= 0.6 is 0 Å². The Hall–Kier alpha value is -1.13. The fourth-order valence-corrected chi connectivity index (χ4v) is 3.24. The van der Waals surface area contributed by atoms with Crippen molar-refractivity contribution in [3.8, 4) is 0 Å². The molecule has 0 bridgehead atoms. The van der Waals surface area contributed by atoms with Crippen LogP contribution in [0.25, 0.3) is 0 Å². The van der Waals surface area contributed by atoms with Gasteiger partial charge in [0.2, 0.25) is 0 Å². The predicted octanol–water partition coefficient (Wildman–Crippen LogP) is 2.30. The average Bonchev–Trinajstić information content (AvgIpc) is 2.82. The third-order valence-electron chi connectivity index (χ3n) is 4.36. The van der Waals surface area contributed by atoms with E-state index in [2.05, 4.69) is 24.3 Å². The number of hydrazine groups is 1. The fourth-order valence-electron chi connectivity index (χ4n) is 3.24. The predicted molar refractivity (Wildman–Crippen MR) is 74.6 cm³/mol. The molecule has 0 aliphatic heterocycles. The summed E-state index contributed by atoms with van der Waals surface area (Å²) in [7, 11) is 0. The average molecular weight is 248 g/mol. The van der Waals surface area contributed by atoms with E-state index in [1.165, 1.54) is 31.2 Å². The van der Waals surface area contributed by atoms with Crippen molar-refractivity contribution in [2.24, 2.45) is 17.7 Å². The highest BCUT2D eigenvalue weighted by atomic mass is 15.2. The molecule has 0 aromatic carbocycles. The molecule has 2 rings (SSSR count). The molecule has 0 amide bonds. The van der Waals surface area contributed by atoms with E-state index in [1.807, 2.05) is 6.07 Å². The zero-order valence-electron chi connectivity index (χ0n) is 11.3. The second kappa shape index (κ2) is 5.67. The molecule has 1 heterocycles. The Morgan fingerprint density at radius 2 is 2.28 bits per heavy atom. The van der Waals surface area contributed by atoms with E-state index < -0.39 is 0 Å². The SMILES string of the molecule is CCC1CCC(C(NN)c2c(C)ccnc2N)C1. The van der Waals surface area contributed by atoms with Gasteiger partial charge in [-0.15, -0.1) is 0 Å². The molecule has 3 unspecified atom stereocenters. The lowest BCUT2D eigenvalue weighted by atomic mass is 9.89. The quantitative estimate of drug-likeness (QED) is 0.564. The van der Waals surface area contributed by atoms with E-state index in [0.717, 1.165) is 11.5 Å². The molecule has 1 aliphatic carbocycles. The van der Waals surface area contributed by atoms with Crippen molar-refractivity contribution in [3.05, 3.63) is 23.4 Å². The van der Waals surface area contributed by atoms with Crippen LogP contribution in [-0.2, 0) is 0 Å². The van der Waals surface area contributed by atoms with Gasteiger partial charge in [0.15, 0.2) is 0 Å². The van der Waals surface area contributed by atoms with Crippen LogP contribution in [0.3, 0.4) is 0 Å². The molecule has 1 fully saturated rings. The van der Waals surface area contributed by atoms with E-state index in [4.69, 9.17) is 11.6 Å². The minimum Gasteiger partial charge on any atom is -0.383 e. The molecule has 1 aromatic rings. The molecular weight excluding hydrogens is 224 g/mol. The van der Waals surface area contributed by atoms with E-state index in [0.29, 0.717) is 11.7 Å². The maximum Gasteiger partial charge on any atom is 0.128 e. The first-order valence-corrected chi connectivity index (χ1v) is 6.84. The lowest BCUT2D eigenvalue weighted by Crippen LogP contribution is -2.34. The van der Waals surface area contributed by atoms with Crippen molar-refractivity contribution >= 4 is 5.82 Å². The van der Waals surface area contributed by atoms with E-state index in [9.17, 15) is 0 Å². The molecule has 4 nitrogen and oxygen atoms in total. The lowest BCUT2D eigenvalue weighted by Gasteiger charge is -2.25. The van der Waals surface area contributed by atoms with Crippen LogP contribution in [0.2, 0.25) is 0 Å². The molecule has 0 spiro atoms. The smallest absolute Gasteiger partial charge is 0.128 e. The van der Waals surface area contributed by atoms with Crippen molar-refractivity contribution in [1.82, 2.24) is 10.4 Å². The Labute approximate surface area is 109 Å². The van der Waals surface area contributed by atoms with Crippen LogP contribution in [0.15, 0.2) is 12.3 Å². The van der Waals surface area contributed by atoms with Crippen molar-refractivity contribution in [2.45, 2.75) is 45.6 Å². The lowest BCUT2D eigenvalue weighted by molar-refractivity contribution is 0.357. The topological polar surface area (TPSA) is 77.0 Å². The van der Waals surface area contributed by atoms with Gasteiger partial charge in [-0.1, -0.05) is 19.8 Å². The number of hydrogen-bond donors (Lipinski definition) is 3. The van der Waals surface area contributed by atoms with Crippen LogP contribution < -0.4 is 17.0 Å². The zero-order chi connectivity index (χ0) is 13.1. The number of nitrogens with one attached hydrogen (secondary N) is 1. The van der Waals surface area contributed by atoms with Gasteiger partial charge in [0.05, 0.1) is 6.04 Å². The number of nitrogens with zero attached hydrogens (tertiary/aromatic N) is 1. The number of nitrogen functional groups attached to an aromatic ring is 1. The standard InChI is InChI=1S/C14H24N4/c1-3-10-4-5-11(8-10)13(18-16)12-9(2)6-7-17-14(12)15/h6-7,10-11,13,18H,3-5,8,16H2,1-2H3,(H2,15,17). The Kier molecular flexibility index (Phi) is 4.19. The maximum atomic E-state index is 6.03. The number of aryl methyl sites for hydroxylation is 1. The molecule has 4 heteroatoms. The van der Waals surface area contributed by atoms with E-state index in [-0.39, 0.29) is 6.04 Å². The molecule has 1 aliphatic rings. The number of anilines is 1. The van der Waals surface area contributed by atoms with Gasteiger partial charge in [-0.3, -0.25) is 11.3 Å². The van der Waals surface area contributed by atoms with Crippen LogP contribution in [0, 0.1) is 18.8 Å². The number of nitrogens with two attached hydrogens (primary N) is 2. The summed E-state index contributed by atoms with van der Waals surface area (Å²) in [5.74, 6) is 7.80. The molecular formula is C14H24N4. The highest BCUT2D eigenvalue weighted by molar-refractivity contribution is 5.46. The first-order valence-electron chi connectivity index (χ1n) is 6.84. The van der Waals surface area contributed by atoms with Gasteiger partial charge in [0.1, 0.15) is 5.82 Å². The second-order valence-corrected chi connectivity index (χ2v) is 5.42. The number of pyridine rings is 1. The van der Waals surface area contributed by atoms with Gasteiger partial charge in [-0.05, 0) is 43.2 Å². The Bertz CT molecular complexity index is 385. The third-order valence-corrected chi connectivity index (χ3v) is 4.36. The van der Waals surface area contributed by atoms with Gasteiger partial charge in [-0.2, -0.15) is 0 Å². The molecule has 0 saturated heterocycles. The minimum absolute atomic E-state index is 0.134. The van der Waals surface area contributed by atoms with Crippen LogP contribution in [0.4, 0.5) is 5.82 Å². The summed E-state index contributed by atoms with van der Waals surface area (Å²) >= 11 is 0. The zero-order valence-corrected chi connectivity index (χ0v) is 11.3. The highest BCUT2D eigenvalue weighted by Gasteiger charge is 2.32. The summed E-state index contributed by atoms with van der Waals surface area (Å²) in [5.41, 5.74) is 11.2. The number of aromatic nitrogens is 1. The number of rotatable bonds is 4. The van der Waals surface area contributed by atoms with Gasteiger partial charge in [-0.25, -0.2) is 4.98 Å². The summed E-state index contributed by atoms with van der Waals surface area (Å²) in [4.78, 5) is 4.20. The van der Waals surface area contributed by atoms with Crippen molar-refractivity contribution < 1.29 is 0 Å². The van der Waals surface area contributed by atoms with E-state index in [1.54, 1.807) is 6.20 Å². The monoisotopic (exact) mass is 248 g/mol. The Balaban J connectivity index is 2.23. The summed E-state index contributed by atoms with van der Waals surface area (Å²) in [6, 6.07) is 2.14. The Morgan fingerprint density at radius 1 is 1.50 bits per heavy atom. The van der Waals surface area contributed by atoms with Crippen molar-refractivity contribution in [2.75, 3.05) is 5.73 Å². The molecule has 1 aromatic heterocycles. The summed E-state index contributed by atoms with van der Waals surface area (Å²) < 4.78 is 0.